The Hall–Kier alpha value is -5.21. The lowest BCUT2D eigenvalue weighted by atomic mass is 9.26. The number of nitrogens with one attached hydrogen (secondary N) is 2. The van der Waals surface area contributed by atoms with Gasteiger partial charge in [0.05, 0.1) is 30.6 Å². The van der Waals surface area contributed by atoms with E-state index in [1.807, 2.05) is 0 Å². The largest absolute Gasteiger partial charge is 0.481 e. The molecule has 3 aromatic carbocycles. The van der Waals surface area contributed by atoms with Crippen molar-refractivity contribution in [2.45, 2.75) is 200 Å². The molecule has 15 bridgehead atoms. The van der Waals surface area contributed by atoms with Crippen LogP contribution in [-0.2, 0) is 28.8 Å². The molecule has 6 heterocycles. The Morgan fingerprint density at radius 3 is 2.39 bits per heavy atom. The minimum absolute atomic E-state index is 0.0918. The fourth-order valence-corrected chi connectivity index (χ4v) is 24.6. The highest BCUT2D eigenvalue weighted by Gasteiger charge is 2.81. The SMILES string of the molecule is C=C1CC[C@@H](C(=O)O)[C@H]2[C@H](O)C[C@]34C5=C(C[C@H](CCC36CCC(Cc3ccc(CCOC)cc3)CC6)[C@]24C)[C@]23CC[C@H](O)[C@@]4(C)CC=C(CC(C)C)[C@@](C=C6C(=c7ccccc7=C[C@@H]62)Cc2cccc(c2)C2=CC=C(NCCC[C@H]1C1CCCCC1)NC2)(C5)[C@@H]43. The van der Waals surface area contributed by atoms with Crippen molar-refractivity contribution in [3.05, 3.63) is 170 Å². The minimum atomic E-state index is -0.739. The molecule has 0 aromatic heterocycles. The molecule has 0 unspecified atom stereocenters. The number of carboxylic acids is 1. The number of aliphatic hydroxyl groups excluding tert-OH is 2. The monoisotopic (exact) mass is 1210 g/mol. The zero-order valence-electron chi connectivity index (χ0n) is 55.3. The predicted molar refractivity (Wildman–Crippen MR) is 364 cm³/mol. The summed E-state index contributed by atoms with van der Waals surface area (Å²) in [6.07, 6.45) is 37.0. The Bertz CT molecular complexity index is 3600. The van der Waals surface area contributed by atoms with E-state index >= 15 is 0 Å². The van der Waals surface area contributed by atoms with Crippen LogP contribution in [0.2, 0.25) is 0 Å². The van der Waals surface area contributed by atoms with Gasteiger partial charge in [-0.3, -0.25) is 4.79 Å². The molecule has 90 heavy (non-hydrogen) atoms. The van der Waals surface area contributed by atoms with Gasteiger partial charge < -0.3 is 30.7 Å². The standard InChI is InChI=1S/C83H106N2O5/c1-52(2)42-63-31-35-78(4)73(87)33-39-82-69-46-60-17-10-11-19-65(60)67-45-57-14-12-18-59(44-57)61-26-28-74(85-51-61)84-40-13-20-64(58-15-8-7-9-16-58)53(3)21-27-66(76(88)89)75-72(86)50-83-71(49-81(63,77(78)82)48-68(67)69)70(82)47-62(79(75,83)5)32-38-80(83)36-29-56(30-37-80)43-55-24-22-54(23-25-55)34-41-90-6/h10-12,14,17-19,22-26,28,31,44,46,48,52,56,58,62,64,66,69,72-73,75,77,84-87H,3,7-9,13,15-16,20-21,27,29-30,32-43,45,47,49-51H2,1-2,4-6H3,(H,88,89)/t56?,62-,64+,66+,69-,72+,73-,75-,77+,78+,79+,80?,81+,82-,83+/m0/s1. The molecule has 6 aliphatic heterocycles. The summed E-state index contributed by atoms with van der Waals surface area (Å²) < 4.78 is 5.45. The number of hydrogen-bond donors (Lipinski definition) is 5. The summed E-state index contributed by atoms with van der Waals surface area (Å²) in [5.74, 6) is 1.75. The van der Waals surface area contributed by atoms with Gasteiger partial charge in [-0.2, -0.15) is 0 Å². The van der Waals surface area contributed by atoms with Crippen molar-refractivity contribution in [2.75, 3.05) is 26.8 Å². The van der Waals surface area contributed by atoms with E-state index in [1.54, 1.807) is 23.8 Å². The number of hydrogen-bond acceptors (Lipinski definition) is 6. The van der Waals surface area contributed by atoms with Crippen LogP contribution in [0.5, 0.6) is 0 Å². The summed E-state index contributed by atoms with van der Waals surface area (Å²) in [7, 11) is 1.79. The molecule has 5 saturated carbocycles. The van der Waals surface area contributed by atoms with Crippen molar-refractivity contribution in [3.63, 3.8) is 0 Å². The van der Waals surface area contributed by atoms with Crippen LogP contribution in [-0.4, -0.2) is 60.3 Å². The summed E-state index contributed by atoms with van der Waals surface area (Å²) in [5, 5.41) is 49.4. The Morgan fingerprint density at radius 2 is 1.62 bits per heavy atom. The third-order valence-electron chi connectivity index (χ3n) is 28.3. The molecule has 7 nitrogen and oxygen atoms in total. The number of aliphatic carboxylic acids is 1. The summed E-state index contributed by atoms with van der Waals surface area (Å²) in [6, 6.07) is 28.2. The van der Waals surface area contributed by atoms with Crippen LogP contribution >= 0.6 is 0 Å². The Kier molecular flexibility index (Phi) is 15.8. The smallest absolute Gasteiger partial charge is 0.306 e. The topological polar surface area (TPSA) is 111 Å². The van der Waals surface area contributed by atoms with Crippen molar-refractivity contribution < 1.29 is 24.9 Å². The molecule has 3 aromatic rings. The van der Waals surface area contributed by atoms with Gasteiger partial charge in [-0.25, -0.2) is 0 Å². The van der Waals surface area contributed by atoms with Gasteiger partial charge in [-0.05, 0) is 243 Å². The van der Waals surface area contributed by atoms with Gasteiger partial charge in [-0.15, -0.1) is 0 Å². The lowest BCUT2D eigenvalue weighted by Crippen LogP contribution is -2.71. The van der Waals surface area contributed by atoms with Crippen LogP contribution in [0, 0.1) is 85.8 Å². The molecule has 13 atom stereocenters. The summed E-state index contributed by atoms with van der Waals surface area (Å²) in [5.41, 5.74) is 13.9. The molecule has 10 aliphatic carbocycles. The van der Waals surface area contributed by atoms with Gasteiger partial charge in [0.1, 0.15) is 0 Å². The lowest BCUT2D eigenvalue weighted by molar-refractivity contribution is -0.200. The molecule has 0 saturated heterocycles. The summed E-state index contributed by atoms with van der Waals surface area (Å²) >= 11 is 0. The van der Waals surface area contributed by atoms with E-state index in [4.69, 9.17) is 11.3 Å². The molecular formula is C83H106N2O5. The third-order valence-corrected chi connectivity index (χ3v) is 28.3. The fourth-order valence-electron chi connectivity index (χ4n) is 24.6. The number of methoxy groups -OCH3 is 1. The number of rotatable bonds is 9. The van der Waals surface area contributed by atoms with E-state index in [9.17, 15) is 20.1 Å². The Morgan fingerprint density at radius 1 is 0.833 bits per heavy atom. The molecule has 3 spiro atoms. The summed E-state index contributed by atoms with van der Waals surface area (Å²) in [6.45, 7) is 17.3. The maximum atomic E-state index is 14.8. The number of ether oxygens (including phenoxy) is 1. The molecule has 478 valence electrons. The van der Waals surface area contributed by atoms with Crippen LogP contribution in [0.25, 0.3) is 17.2 Å². The fraction of sp³-hybridized carbons (Fsp3) is 0.602. The van der Waals surface area contributed by atoms with Crippen molar-refractivity contribution in [1.82, 2.24) is 10.6 Å². The van der Waals surface area contributed by atoms with Crippen LogP contribution < -0.4 is 21.1 Å². The molecule has 5 fully saturated rings. The van der Waals surface area contributed by atoms with E-state index in [-0.39, 0.29) is 45.3 Å². The second kappa shape index (κ2) is 23.4. The Labute approximate surface area is 538 Å². The molecule has 16 aliphatic rings. The summed E-state index contributed by atoms with van der Waals surface area (Å²) in [4.78, 5) is 14.8. The van der Waals surface area contributed by atoms with Gasteiger partial charge in [0.2, 0.25) is 0 Å². The second-order valence-electron chi connectivity index (χ2n) is 32.7. The zero-order valence-corrected chi connectivity index (χ0v) is 55.3. The van der Waals surface area contributed by atoms with Crippen LogP contribution in [0.4, 0.5) is 0 Å². The van der Waals surface area contributed by atoms with Crippen molar-refractivity contribution in [1.29, 1.82) is 0 Å². The average Bonchev–Trinajstić information content (AvgIpc) is 1.06. The highest BCUT2D eigenvalue weighted by molar-refractivity contribution is 5.78. The first-order chi connectivity index (χ1) is 43.6. The molecule has 19 rings (SSSR count). The first kappa shape index (κ1) is 61.0. The van der Waals surface area contributed by atoms with Gasteiger partial charge in [0, 0.05) is 53.7 Å². The lowest BCUT2D eigenvalue weighted by Gasteiger charge is -2.77. The van der Waals surface area contributed by atoms with Crippen LogP contribution in [0.1, 0.15) is 191 Å². The predicted octanol–water partition coefficient (Wildman–Crippen LogP) is 15.5. The maximum Gasteiger partial charge on any atom is 0.306 e. The molecule has 5 N–H and O–H groups in total. The van der Waals surface area contributed by atoms with E-state index in [1.165, 1.54) is 87.1 Å². The average molecular weight is 1210 g/mol. The quantitative estimate of drug-likeness (QED) is 0.136. The van der Waals surface area contributed by atoms with Crippen LogP contribution in [0.15, 0.2) is 137 Å². The van der Waals surface area contributed by atoms with E-state index in [0.717, 1.165) is 135 Å². The molecule has 0 radical (unpaired) electrons. The van der Waals surface area contributed by atoms with Gasteiger partial charge in [-0.1, -0.05) is 173 Å². The number of fused-ring (bicyclic) bond motifs is 1. The number of dihydropyridines is 1. The maximum absolute atomic E-state index is 14.8. The second-order valence-corrected chi connectivity index (χ2v) is 32.7. The van der Waals surface area contributed by atoms with Gasteiger partial charge in [0.25, 0.3) is 0 Å². The highest BCUT2D eigenvalue weighted by atomic mass is 16.5. The number of allylic oxidation sites excluding steroid dienone is 9. The van der Waals surface area contributed by atoms with Crippen LogP contribution in [0.3, 0.4) is 0 Å². The first-order valence-corrected chi connectivity index (χ1v) is 36.3. The first-order valence-electron chi connectivity index (χ1n) is 36.3. The normalized spacial score (nSPS) is 38.8. The van der Waals surface area contributed by atoms with Crippen molar-refractivity contribution in [2.24, 2.45) is 85.8 Å². The van der Waals surface area contributed by atoms with Crippen molar-refractivity contribution >= 4 is 23.2 Å². The molecule has 7 heteroatoms. The van der Waals surface area contributed by atoms with E-state index in [2.05, 4.69) is 142 Å². The number of benzene rings is 3. The van der Waals surface area contributed by atoms with Crippen molar-refractivity contribution in [3.8, 4) is 0 Å². The Balaban J connectivity index is 0.939. The molecular weight excluding hydrogens is 1100 g/mol. The molecule has 0 amide bonds. The van der Waals surface area contributed by atoms with Gasteiger partial charge >= 0.3 is 5.97 Å². The zero-order chi connectivity index (χ0) is 62.0. The number of carboxylic acid groups (broad SMARTS) is 1. The van der Waals surface area contributed by atoms with E-state index < -0.39 is 34.9 Å². The number of aliphatic hydroxyl groups is 2. The number of carbonyl (C=O) groups is 1. The minimum Gasteiger partial charge on any atom is -0.481 e. The highest BCUT2D eigenvalue weighted by Crippen LogP contribution is 2.87. The third kappa shape index (κ3) is 9.40. The van der Waals surface area contributed by atoms with Gasteiger partial charge in [0.15, 0.2) is 0 Å². The van der Waals surface area contributed by atoms with E-state index in [0.29, 0.717) is 42.9 Å².